The van der Waals surface area contributed by atoms with Gasteiger partial charge in [0.1, 0.15) is 0 Å². The first kappa shape index (κ1) is 20.4. The Labute approximate surface area is 191 Å². The minimum atomic E-state index is 1.08. The third-order valence-corrected chi connectivity index (χ3v) is 6.15. The molecule has 0 radical (unpaired) electrons. The van der Waals surface area contributed by atoms with Gasteiger partial charge in [-0.25, -0.2) is 0 Å². The Hall–Kier alpha value is -3.52. The van der Waals surface area contributed by atoms with Crippen LogP contribution in [0.15, 0.2) is 97.1 Å². The van der Waals surface area contributed by atoms with Crippen molar-refractivity contribution >= 4 is 22.7 Å². The van der Waals surface area contributed by atoms with E-state index in [-0.39, 0.29) is 0 Å². The molecule has 0 atom stereocenters. The minimum absolute atomic E-state index is 1.08. The van der Waals surface area contributed by atoms with E-state index in [1.54, 1.807) is 0 Å². The van der Waals surface area contributed by atoms with E-state index in [0.717, 1.165) is 61.3 Å². The molecule has 0 spiro atoms. The lowest BCUT2D eigenvalue weighted by Crippen LogP contribution is -1.97. The van der Waals surface area contributed by atoms with E-state index < -0.39 is 0 Å². The molecule has 0 aliphatic carbocycles. The highest BCUT2D eigenvalue weighted by atomic mass is 14.9. The van der Waals surface area contributed by atoms with Crippen LogP contribution in [0.4, 0.5) is 22.7 Å². The summed E-state index contributed by atoms with van der Waals surface area (Å²) in [7, 11) is 0. The first-order valence-corrected chi connectivity index (χ1v) is 11.7. The molecule has 8 bridgehead atoms. The number of benzene rings is 4. The van der Waals surface area contributed by atoms with Crippen molar-refractivity contribution in [3.63, 3.8) is 0 Å². The van der Waals surface area contributed by atoms with Crippen molar-refractivity contribution in [2.24, 2.45) is 0 Å². The van der Waals surface area contributed by atoms with Gasteiger partial charge in [0.2, 0.25) is 0 Å². The van der Waals surface area contributed by atoms with Gasteiger partial charge >= 0.3 is 0 Å². The zero-order valence-corrected chi connectivity index (χ0v) is 18.5. The first-order valence-electron chi connectivity index (χ1n) is 11.7. The summed E-state index contributed by atoms with van der Waals surface area (Å²) in [6, 6.07) is 35.3. The van der Waals surface area contributed by atoms with Gasteiger partial charge < -0.3 is 10.6 Å². The minimum Gasteiger partial charge on any atom is -0.356 e. The number of hydrogen-bond acceptors (Lipinski definition) is 2. The molecule has 0 aromatic heterocycles. The molecule has 1 aliphatic heterocycles. The molecule has 4 aromatic rings. The highest BCUT2D eigenvalue weighted by Gasteiger charge is 2.04. The standard InChI is InChI=1S/C30H30N2/c1-7-23-11-3-15-27(19-23)31-29-17-5-13-25(21-29)9-2-10-26-14-6-18-30(22-26)32-28-16-4-12-24(8-1)20-28/h3-6,11-22,31-32H,1-2,7-10H2. The fourth-order valence-electron chi connectivity index (χ4n) is 4.54. The SMILES string of the molecule is c1cc2cc(c1)Nc1cccc(c1)CCCc1cccc(c1)Nc1cccc(c1)CCC2. The molecule has 5 rings (SSSR count). The lowest BCUT2D eigenvalue weighted by Gasteiger charge is -2.12. The molecule has 2 nitrogen and oxygen atoms in total. The van der Waals surface area contributed by atoms with Crippen molar-refractivity contribution in [1.82, 2.24) is 0 Å². The Morgan fingerprint density at radius 2 is 0.656 bits per heavy atom. The molecular weight excluding hydrogens is 388 g/mol. The van der Waals surface area contributed by atoms with Crippen LogP contribution in [-0.4, -0.2) is 0 Å². The predicted octanol–water partition coefficient (Wildman–Crippen LogP) is 7.84. The van der Waals surface area contributed by atoms with Crippen molar-refractivity contribution in [2.75, 3.05) is 10.6 Å². The molecule has 0 saturated carbocycles. The van der Waals surface area contributed by atoms with Gasteiger partial charge in [-0.05, 0) is 109 Å². The third-order valence-electron chi connectivity index (χ3n) is 6.15. The van der Waals surface area contributed by atoms with Crippen LogP contribution >= 0.6 is 0 Å². The van der Waals surface area contributed by atoms with E-state index in [2.05, 4.69) is 108 Å². The molecule has 0 unspecified atom stereocenters. The van der Waals surface area contributed by atoms with Gasteiger partial charge in [-0.1, -0.05) is 48.5 Å². The fraction of sp³-hybridized carbons (Fsp3) is 0.200. The normalized spacial score (nSPS) is 14.0. The average Bonchev–Trinajstić information content (AvgIpc) is 2.80. The highest BCUT2D eigenvalue weighted by Crippen LogP contribution is 2.23. The maximum atomic E-state index is 3.61. The number of fused-ring (bicyclic) bond motifs is 8. The maximum Gasteiger partial charge on any atom is 0.0386 e. The Kier molecular flexibility index (Phi) is 6.20. The molecule has 2 N–H and O–H groups in total. The zero-order chi connectivity index (χ0) is 21.6. The van der Waals surface area contributed by atoms with Crippen LogP contribution in [-0.2, 0) is 25.7 Å². The highest BCUT2D eigenvalue weighted by molar-refractivity contribution is 5.62. The molecule has 4 aromatic carbocycles. The van der Waals surface area contributed by atoms with Crippen molar-refractivity contribution in [3.05, 3.63) is 119 Å². The van der Waals surface area contributed by atoms with Gasteiger partial charge in [-0.15, -0.1) is 0 Å². The van der Waals surface area contributed by atoms with Gasteiger partial charge in [0.05, 0.1) is 0 Å². The molecule has 0 amide bonds. The monoisotopic (exact) mass is 418 g/mol. The van der Waals surface area contributed by atoms with Gasteiger partial charge in [0.15, 0.2) is 0 Å². The van der Waals surface area contributed by atoms with E-state index in [9.17, 15) is 0 Å². The van der Waals surface area contributed by atoms with Crippen molar-refractivity contribution in [1.29, 1.82) is 0 Å². The molecular formula is C30H30N2. The summed E-state index contributed by atoms with van der Waals surface area (Å²) in [4.78, 5) is 0. The summed E-state index contributed by atoms with van der Waals surface area (Å²) in [6.45, 7) is 0. The summed E-state index contributed by atoms with van der Waals surface area (Å²) < 4.78 is 0. The van der Waals surface area contributed by atoms with Gasteiger partial charge in [0, 0.05) is 22.7 Å². The molecule has 0 fully saturated rings. The van der Waals surface area contributed by atoms with Gasteiger partial charge in [-0.3, -0.25) is 0 Å². The smallest absolute Gasteiger partial charge is 0.0386 e. The second kappa shape index (κ2) is 9.74. The third kappa shape index (κ3) is 5.39. The largest absolute Gasteiger partial charge is 0.356 e. The predicted molar refractivity (Wildman–Crippen MR) is 136 cm³/mol. The average molecular weight is 419 g/mol. The first-order chi connectivity index (χ1) is 15.8. The van der Waals surface area contributed by atoms with Crippen LogP contribution in [0.5, 0.6) is 0 Å². The molecule has 160 valence electrons. The summed E-state index contributed by atoms with van der Waals surface area (Å²) in [5.74, 6) is 0. The molecule has 0 saturated heterocycles. The summed E-state index contributed by atoms with van der Waals surface area (Å²) in [6.07, 6.45) is 6.59. The fourth-order valence-corrected chi connectivity index (χ4v) is 4.54. The molecule has 32 heavy (non-hydrogen) atoms. The van der Waals surface area contributed by atoms with Crippen molar-refractivity contribution < 1.29 is 0 Å². The van der Waals surface area contributed by atoms with Crippen LogP contribution in [0.1, 0.15) is 35.1 Å². The van der Waals surface area contributed by atoms with Crippen LogP contribution in [0.25, 0.3) is 0 Å². The van der Waals surface area contributed by atoms with E-state index in [4.69, 9.17) is 0 Å². The van der Waals surface area contributed by atoms with Crippen LogP contribution in [0.3, 0.4) is 0 Å². The second-order valence-corrected chi connectivity index (χ2v) is 8.76. The number of nitrogens with one attached hydrogen (secondary N) is 2. The Morgan fingerprint density at radius 1 is 0.375 bits per heavy atom. The van der Waals surface area contributed by atoms with Crippen LogP contribution in [0, 0.1) is 0 Å². The Morgan fingerprint density at radius 3 is 0.938 bits per heavy atom. The Balaban J connectivity index is 1.42. The molecule has 1 heterocycles. The quantitative estimate of drug-likeness (QED) is 0.304. The van der Waals surface area contributed by atoms with Crippen molar-refractivity contribution in [3.8, 4) is 0 Å². The van der Waals surface area contributed by atoms with E-state index in [1.807, 2.05) is 0 Å². The summed E-state index contributed by atoms with van der Waals surface area (Å²) >= 11 is 0. The van der Waals surface area contributed by atoms with Crippen LogP contribution in [0.2, 0.25) is 0 Å². The number of anilines is 4. The molecule has 1 aliphatic rings. The summed E-state index contributed by atoms with van der Waals surface area (Å²) in [5, 5.41) is 7.22. The van der Waals surface area contributed by atoms with E-state index in [1.165, 1.54) is 22.3 Å². The van der Waals surface area contributed by atoms with E-state index in [0.29, 0.717) is 0 Å². The Bertz CT molecular complexity index is 1010. The van der Waals surface area contributed by atoms with Gasteiger partial charge in [-0.2, -0.15) is 0 Å². The lowest BCUT2D eigenvalue weighted by atomic mass is 10.0. The van der Waals surface area contributed by atoms with Crippen LogP contribution < -0.4 is 10.6 Å². The number of rotatable bonds is 0. The summed E-state index contributed by atoms with van der Waals surface area (Å²) in [5.41, 5.74) is 10.2. The number of aryl methyl sites for hydroxylation is 4. The topological polar surface area (TPSA) is 24.1 Å². The van der Waals surface area contributed by atoms with E-state index >= 15 is 0 Å². The lowest BCUT2D eigenvalue weighted by molar-refractivity contribution is 0.820. The second-order valence-electron chi connectivity index (χ2n) is 8.76. The number of hydrogen-bond donors (Lipinski definition) is 2. The van der Waals surface area contributed by atoms with Gasteiger partial charge in [0.25, 0.3) is 0 Å². The maximum absolute atomic E-state index is 3.61. The molecule has 2 heteroatoms. The zero-order valence-electron chi connectivity index (χ0n) is 18.5. The van der Waals surface area contributed by atoms with Crippen molar-refractivity contribution in [2.45, 2.75) is 38.5 Å².